The van der Waals surface area contributed by atoms with Gasteiger partial charge in [-0.15, -0.1) is 0 Å². The molecule has 0 spiro atoms. The molecule has 6 heteroatoms. The van der Waals surface area contributed by atoms with Crippen molar-refractivity contribution in [3.8, 4) is 5.75 Å². The van der Waals surface area contributed by atoms with E-state index >= 15 is 0 Å². The van der Waals surface area contributed by atoms with E-state index in [9.17, 15) is 4.79 Å². The normalized spacial score (nSPS) is 11.6. The summed E-state index contributed by atoms with van der Waals surface area (Å²) in [7, 11) is 0. The zero-order chi connectivity index (χ0) is 17.9. The predicted octanol–water partition coefficient (Wildman–Crippen LogP) is 3.12. The number of hydrogen-bond donors (Lipinski definition) is 3. The second-order valence-electron chi connectivity index (χ2n) is 5.40. The fourth-order valence-corrected chi connectivity index (χ4v) is 2.34. The van der Waals surface area contributed by atoms with Gasteiger partial charge in [-0.05, 0) is 42.7 Å². The summed E-state index contributed by atoms with van der Waals surface area (Å²) in [5, 5.41) is 20.6. The Morgan fingerprint density at radius 1 is 1.04 bits per heavy atom. The van der Waals surface area contributed by atoms with E-state index in [-0.39, 0.29) is 19.8 Å². The number of aliphatic hydroxyl groups excluding tert-OH is 2. The Labute approximate surface area is 147 Å². The standard InChI is InChI=1S/C19H23NO5/c21-11-5-10-18(15-6-4-9-17(14-15)24-13-12-22)25-19(23)20-16-7-2-1-3-8-16/h1-4,6-9,14,18,21-22H,5,10-13H2,(H,20,23)/t18-/m1/s1. The molecular formula is C19H23NO5. The third-order valence-corrected chi connectivity index (χ3v) is 3.48. The first kappa shape index (κ1) is 18.8. The van der Waals surface area contributed by atoms with Gasteiger partial charge in [-0.2, -0.15) is 0 Å². The van der Waals surface area contributed by atoms with Gasteiger partial charge in [0, 0.05) is 12.3 Å². The summed E-state index contributed by atoms with van der Waals surface area (Å²) in [5.41, 5.74) is 1.42. The van der Waals surface area contributed by atoms with E-state index in [2.05, 4.69) is 5.32 Å². The number of ether oxygens (including phenoxy) is 2. The molecule has 1 atom stereocenters. The topological polar surface area (TPSA) is 88.0 Å². The summed E-state index contributed by atoms with van der Waals surface area (Å²) in [5.74, 6) is 0.590. The molecule has 25 heavy (non-hydrogen) atoms. The summed E-state index contributed by atoms with van der Waals surface area (Å²) in [4.78, 5) is 12.2. The number of anilines is 1. The molecule has 2 aromatic carbocycles. The Morgan fingerprint density at radius 3 is 2.56 bits per heavy atom. The first-order valence-electron chi connectivity index (χ1n) is 8.20. The van der Waals surface area contributed by atoms with Crippen LogP contribution in [0.3, 0.4) is 0 Å². The minimum atomic E-state index is -0.559. The summed E-state index contributed by atoms with van der Waals surface area (Å²) < 4.78 is 10.9. The highest BCUT2D eigenvalue weighted by atomic mass is 16.6. The SMILES string of the molecule is O=C(Nc1ccccc1)O[C@H](CCCO)c1cccc(OCCO)c1. The maximum absolute atomic E-state index is 12.2. The van der Waals surface area contributed by atoms with Crippen LogP contribution in [0.2, 0.25) is 0 Å². The van der Waals surface area contributed by atoms with E-state index < -0.39 is 12.2 Å². The number of hydrogen-bond acceptors (Lipinski definition) is 5. The maximum atomic E-state index is 12.2. The van der Waals surface area contributed by atoms with Crippen LogP contribution in [0.15, 0.2) is 54.6 Å². The summed E-state index contributed by atoms with van der Waals surface area (Å²) >= 11 is 0. The fourth-order valence-electron chi connectivity index (χ4n) is 2.34. The van der Waals surface area contributed by atoms with Gasteiger partial charge in [0.05, 0.1) is 6.61 Å². The van der Waals surface area contributed by atoms with Crippen molar-refractivity contribution >= 4 is 11.8 Å². The first-order valence-corrected chi connectivity index (χ1v) is 8.20. The van der Waals surface area contributed by atoms with Gasteiger partial charge < -0.3 is 19.7 Å². The van der Waals surface area contributed by atoms with Crippen molar-refractivity contribution in [1.82, 2.24) is 0 Å². The van der Waals surface area contributed by atoms with Crippen molar-refractivity contribution in [2.24, 2.45) is 0 Å². The van der Waals surface area contributed by atoms with E-state index in [1.165, 1.54) is 0 Å². The second-order valence-corrected chi connectivity index (χ2v) is 5.40. The van der Waals surface area contributed by atoms with Crippen LogP contribution in [0, 0.1) is 0 Å². The number of para-hydroxylation sites is 1. The molecule has 2 aromatic rings. The fraction of sp³-hybridized carbons (Fsp3) is 0.316. The molecule has 0 saturated carbocycles. The first-order chi connectivity index (χ1) is 12.2. The van der Waals surface area contributed by atoms with E-state index in [1.807, 2.05) is 24.3 Å². The third kappa shape index (κ3) is 6.45. The van der Waals surface area contributed by atoms with Gasteiger partial charge in [0.25, 0.3) is 0 Å². The molecule has 2 rings (SSSR count). The lowest BCUT2D eigenvalue weighted by molar-refractivity contribution is 0.0992. The summed E-state index contributed by atoms with van der Waals surface area (Å²) in [6.07, 6.45) is -0.0722. The zero-order valence-electron chi connectivity index (χ0n) is 13.9. The molecule has 6 nitrogen and oxygen atoms in total. The molecular weight excluding hydrogens is 322 g/mol. The van der Waals surface area contributed by atoms with Crippen LogP contribution in [0.4, 0.5) is 10.5 Å². The van der Waals surface area contributed by atoms with Crippen molar-refractivity contribution in [1.29, 1.82) is 0 Å². The molecule has 0 aliphatic carbocycles. The molecule has 134 valence electrons. The van der Waals surface area contributed by atoms with E-state index in [0.29, 0.717) is 24.3 Å². The maximum Gasteiger partial charge on any atom is 0.412 e. The van der Waals surface area contributed by atoms with Crippen LogP contribution < -0.4 is 10.1 Å². The molecule has 3 N–H and O–H groups in total. The molecule has 0 saturated heterocycles. The number of nitrogens with one attached hydrogen (secondary N) is 1. The Hall–Kier alpha value is -2.57. The molecule has 0 fully saturated rings. The van der Waals surface area contributed by atoms with Crippen LogP contribution >= 0.6 is 0 Å². The van der Waals surface area contributed by atoms with Gasteiger partial charge in [0.15, 0.2) is 0 Å². The second kappa shape index (κ2) is 10.3. The number of amides is 1. The largest absolute Gasteiger partial charge is 0.491 e. The molecule has 0 aliphatic rings. The van der Waals surface area contributed by atoms with Gasteiger partial charge in [0.2, 0.25) is 0 Å². The van der Waals surface area contributed by atoms with Crippen LogP contribution in [-0.2, 0) is 4.74 Å². The number of rotatable bonds is 9. The van der Waals surface area contributed by atoms with Gasteiger partial charge in [0.1, 0.15) is 18.5 Å². The lowest BCUT2D eigenvalue weighted by Gasteiger charge is -2.19. The Balaban J connectivity index is 2.05. The zero-order valence-corrected chi connectivity index (χ0v) is 13.9. The van der Waals surface area contributed by atoms with Gasteiger partial charge in [-0.1, -0.05) is 30.3 Å². The minimum absolute atomic E-state index is 0.0147. The average Bonchev–Trinajstić information content (AvgIpc) is 2.64. The van der Waals surface area contributed by atoms with Gasteiger partial charge in [-0.25, -0.2) is 4.79 Å². The molecule has 0 bridgehead atoms. The van der Waals surface area contributed by atoms with Crippen molar-refractivity contribution in [3.63, 3.8) is 0 Å². The number of carbonyl (C=O) groups is 1. The highest BCUT2D eigenvalue weighted by molar-refractivity contribution is 5.84. The van der Waals surface area contributed by atoms with Crippen molar-refractivity contribution in [3.05, 3.63) is 60.2 Å². The average molecular weight is 345 g/mol. The smallest absolute Gasteiger partial charge is 0.412 e. The monoisotopic (exact) mass is 345 g/mol. The van der Waals surface area contributed by atoms with Crippen molar-refractivity contribution in [2.45, 2.75) is 18.9 Å². The number of benzene rings is 2. The van der Waals surface area contributed by atoms with Crippen LogP contribution in [0.5, 0.6) is 5.75 Å². The van der Waals surface area contributed by atoms with Crippen molar-refractivity contribution in [2.75, 3.05) is 25.1 Å². The molecule has 0 radical (unpaired) electrons. The van der Waals surface area contributed by atoms with E-state index in [0.717, 1.165) is 5.56 Å². The van der Waals surface area contributed by atoms with Gasteiger partial charge >= 0.3 is 6.09 Å². The molecule has 0 heterocycles. The highest BCUT2D eigenvalue weighted by Gasteiger charge is 2.17. The summed E-state index contributed by atoms with van der Waals surface area (Å²) in [6, 6.07) is 16.2. The van der Waals surface area contributed by atoms with Crippen molar-refractivity contribution < 1.29 is 24.5 Å². The van der Waals surface area contributed by atoms with Crippen LogP contribution in [0.25, 0.3) is 0 Å². The molecule has 0 unspecified atom stereocenters. The van der Waals surface area contributed by atoms with Crippen LogP contribution in [-0.4, -0.2) is 36.1 Å². The van der Waals surface area contributed by atoms with Crippen LogP contribution in [0.1, 0.15) is 24.5 Å². The van der Waals surface area contributed by atoms with E-state index in [4.69, 9.17) is 19.7 Å². The Morgan fingerprint density at radius 2 is 1.84 bits per heavy atom. The lowest BCUT2D eigenvalue weighted by atomic mass is 10.0. The predicted molar refractivity (Wildman–Crippen MR) is 94.6 cm³/mol. The van der Waals surface area contributed by atoms with Gasteiger partial charge in [-0.3, -0.25) is 5.32 Å². The Kier molecular flexibility index (Phi) is 7.75. The number of carbonyl (C=O) groups excluding carboxylic acids is 1. The molecule has 0 aliphatic heterocycles. The third-order valence-electron chi connectivity index (χ3n) is 3.48. The Bertz CT molecular complexity index is 647. The van der Waals surface area contributed by atoms with E-state index in [1.54, 1.807) is 30.3 Å². The molecule has 0 aromatic heterocycles. The summed E-state index contributed by atoms with van der Waals surface area (Å²) in [6.45, 7) is 0.134. The highest BCUT2D eigenvalue weighted by Crippen LogP contribution is 2.26. The lowest BCUT2D eigenvalue weighted by Crippen LogP contribution is -2.18. The minimum Gasteiger partial charge on any atom is -0.491 e. The quantitative estimate of drug-likeness (QED) is 0.650. The molecule has 1 amide bonds. The number of aliphatic hydroxyl groups is 2.